The Morgan fingerprint density at radius 2 is 1.79 bits per heavy atom. The second-order valence-electron chi connectivity index (χ2n) is 4.37. The minimum absolute atomic E-state index is 0.166. The molecule has 1 aromatic rings. The quantitative estimate of drug-likeness (QED) is 0.924. The first-order valence-electron chi connectivity index (χ1n) is 5.78. The van der Waals surface area contributed by atoms with E-state index in [-0.39, 0.29) is 18.6 Å². The van der Waals surface area contributed by atoms with Crippen molar-refractivity contribution in [2.45, 2.75) is 13.0 Å². The monoisotopic (exact) mass is 284 g/mol. The maximum Gasteiger partial charge on any atom is 0.323 e. The lowest BCUT2D eigenvalue weighted by Crippen LogP contribution is -2.42. The molecule has 5 nitrogen and oxygen atoms in total. The molecule has 2 amide bonds. The molecule has 19 heavy (non-hydrogen) atoms. The molecule has 6 heteroatoms. The summed E-state index contributed by atoms with van der Waals surface area (Å²) in [5.41, 5.74) is 0.934. The highest BCUT2D eigenvalue weighted by Gasteiger charge is 2.21. The molecule has 1 atom stereocenters. The summed E-state index contributed by atoms with van der Waals surface area (Å²) < 4.78 is 0. The van der Waals surface area contributed by atoms with Crippen LogP contribution in [-0.2, 0) is 4.79 Å². The fourth-order valence-corrected chi connectivity index (χ4v) is 1.80. The molecule has 0 heterocycles. The van der Waals surface area contributed by atoms with Gasteiger partial charge in [-0.15, -0.1) is 0 Å². The lowest BCUT2D eigenvalue weighted by atomic mass is 10.1. The Kier molecular flexibility index (Phi) is 5.18. The molecular formula is C13H17ClN2O3. The van der Waals surface area contributed by atoms with Gasteiger partial charge in [0.05, 0.1) is 6.04 Å². The normalized spacial score (nSPS) is 11.8. The standard InChI is InChI=1S/C13H17ClN2O3/c1-9(10-4-6-11(14)7-5-10)16(3)13(19)15(2)8-12(17)18/h4-7,9H,8H2,1-3H3,(H,17,18). The van der Waals surface area contributed by atoms with Crippen molar-refractivity contribution >= 4 is 23.6 Å². The zero-order chi connectivity index (χ0) is 14.6. The highest BCUT2D eigenvalue weighted by molar-refractivity contribution is 6.30. The van der Waals surface area contributed by atoms with Gasteiger partial charge in [-0.05, 0) is 24.6 Å². The third-order valence-corrected chi connectivity index (χ3v) is 3.19. The van der Waals surface area contributed by atoms with Gasteiger partial charge >= 0.3 is 12.0 Å². The van der Waals surface area contributed by atoms with E-state index in [0.717, 1.165) is 10.5 Å². The Hall–Kier alpha value is -1.75. The predicted octanol–water partition coefficient (Wildman–Crippen LogP) is 2.47. The highest BCUT2D eigenvalue weighted by atomic mass is 35.5. The number of carbonyl (C=O) groups is 2. The summed E-state index contributed by atoms with van der Waals surface area (Å²) in [6.07, 6.45) is 0. The van der Waals surface area contributed by atoms with Crippen LogP contribution in [0.2, 0.25) is 5.02 Å². The summed E-state index contributed by atoms with van der Waals surface area (Å²) >= 11 is 5.81. The van der Waals surface area contributed by atoms with E-state index in [1.54, 1.807) is 19.2 Å². The molecule has 0 aliphatic carbocycles. The Morgan fingerprint density at radius 3 is 2.26 bits per heavy atom. The van der Waals surface area contributed by atoms with Gasteiger partial charge < -0.3 is 14.9 Å². The number of amides is 2. The minimum atomic E-state index is -1.04. The van der Waals surface area contributed by atoms with Crippen LogP contribution in [0.1, 0.15) is 18.5 Å². The molecule has 0 spiro atoms. The zero-order valence-corrected chi connectivity index (χ0v) is 11.9. The predicted molar refractivity (Wildman–Crippen MR) is 73.3 cm³/mol. The number of rotatable bonds is 4. The lowest BCUT2D eigenvalue weighted by molar-refractivity contribution is -0.137. The van der Waals surface area contributed by atoms with Gasteiger partial charge in [0, 0.05) is 19.1 Å². The Bertz CT molecular complexity index is 461. The lowest BCUT2D eigenvalue weighted by Gasteiger charge is -2.29. The van der Waals surface area contributed by atoms with Crippen molar-refractivity contribution in [3.8, 4) is 0 Å². The fourth-order valence-electron chi connectivity index (χ4n) is 1.67. The molecule has 1 unspecified atom stereocenters. The smallest absolute Gasteiger partial charge is 0.323 e. The Labute approximate surface area is 117 Å². The molecule has 0 aliphatic heterocycles. The van der Waals surface area contributed by atoms with E-state index >= 15 is 0 Å². The minimum Gasteiger partial charge on any atom is -0.480 e. The number of carboxylic acids is 1. The number of likely N-dealkylation sites (N-methyl/N-ethyl adjacent to an activating group) is 1. The van der Waals surface area contributed by atoms with Crippen molar-refractivity contribution in [3.63, 3.8) is 0 Å². The van der Waals surface area contributed by atoms with Crippen molar-refractivity contribution in [2.75, 3.05) is 20.6 Å². The molecule has 1 N–H and O–H groups in total. The van der Waals surface area contributed by atoms with Crippen LogP contribution in [-0.4, -0.2) is 47.5 Å². The average molecular weight is 285 g/mol. The van der Waals surface area contributed by atoms with Crippen LogP contribution in [0.25, 0.3) is 0 Å². The molecule has 0 saturated carbocycles. The maximum absolute atomic E-state index is 12.0. The van der Waals surface area contributed by atoms with Gasteiger partial charge in [-0.1, -0.05) is 23.7 Å². The number of nitrogens with zero attached hydrogens (tertiary/aromatic N) is 2. The van der Waals surface area contributed by atoms with E-state index in [4.69, 9.17) is 16.7 Å². The topological polar surface area (TPSA) is 60.9 Å². The molecule has 0 radical (unpaired) electrons. The van der Waals surface area contributed by atoms with Gasteiger partial charge in [-0.3, -0.25) is 4.79 Å². The largest absolute Gasteiger partial charge is 0.480 e. The van der Waals surface area contributed by atoms with Gasteiger partial charge in [0.1, 0.15) is 6.54 Å². The second-order valence-corrected chi connectivity index (χ2v) is 4.81. The van der Waals surface area contributed by atoms with E-state index in [2.05, 4.69) is 0 Å². The van der Waals surface area contributed by atoms with Crippen molar-refractivity contribution in [1.29, 1.82) is 0 Å². The molecule has 0 aliphatic rings. The van der Waals surface area contributed by atoms with Crippen molar-refractivity contribution in [2.24, 2.45) is 0 Å². The highest BCUT2D eigenvalue weighted by Crippen LogP contribution is 2.21. The van der Waals surface area contributed by atoms with Crippen LogP contribution in [0.3, 0.4) is 0 Å². The summed E-state index contributed by atoms with van der Waals surface area (Å²) in [6.45, 7) is 1.55. The summed E-state index contributed by atoms with van der Waals surface area (Å²) in [5, 5.41) is 9.31. The van der Waals surface area contributed by atoms with Gasteiger partial charge in [-0.25, -0.2) is 4.79 Å². The van der Waals surface area contributed by atoms with Gasteiger partial charge in [0.15, 0.2) is 0 Å². The first-order chi connectivity index (χ1) is 8.82. The number of hydrogen-bond acceptors (Lipinski definition) is 2. The van der Waals surface area contributed by atoms with Crippen LogP contribution >= 0.6 is 11.6 Å². The van der Waals surface area contributed by atoms with E-state index in [1.807, 2.05) is 19.1 Å². The number of urea groups is 1. The first kappa shape index (κ1) is 15.3. The second kappa shape index (κ2) is 6.43. The molecular weight excluding hydrogens is 268 g/mol. The molecule has 0 saturated heterocycles. The molecule has 104 valence electrons. The fraction of sp³-hybridized carbons (Fsp3) is 0.385. The number of hydrogen-bond donors (Lipinski definition) is 1. The zero-order valence-electron chi connectivity index (χ0n) is 11.1. The van der Waals surface area contributed by atoms with E-state index < -0.39 is 5.97 Å². The van der Waals surface area contributed by atoms with E-state index in [9.17, 15) is 9.59 Å². The van der Waals surface area contributed by atoms with E-state index in [1.165, 1.54) is 11.9 Å². The van der Waals surface area contributed by atoms with Crippen molar-refractivity contribution in [3.05, 3.63) is 34.9 Å². The van der Waals surface area contributed by atoms with E-state index in [0.29, 0.717) is 5.02 Å². The number of carboxylic acid groups (broad SMARTS) is 1. The Morgan fingerprint density at radius 1 is 1.26 bits per heavy atom. The summed E-state index contributed by atoms with van der Waals surface area (Å²) in [7, 11) is 3.10. The maximum atomic E-state index is 12.0. The molecule has 1 rings (SSSR count). The van der Waals surface area contributed by atoms with Crippen LogP contribution in [0.15, 0.2) is 24.3 Å². The van der Waals surface area contributed by atoms with Crippen LogP contribution in [0.4, 0.5) is 4.79 Å². The first-order valence-corrected chi connectivity index (χ1v) is 6.16. The summed E-state index contributed by atoms with van der Waals surface area (Å²) in [5.74, 6) is -1.04. The van der Waals surface area contributed by atoms with Crippen LogP contribution < -0.4 is 0 Å². The van der Waals surface area contributed by atoms with Crippen molar-refractivity contribution in [1.82, 2.24) is 9.80 Å². The van der Waals surface area contributed by atoms with Crippen LogP contribution in [0.5, 0.6) is 0 Å². The summed E-state index contributed by atoms with van der Waals surface area (Å²) in [4.78, 5) is 25.3. The van der Waals surface area contributed by atoms with Crippen LogP contribution in [0, 0.1) is 0 Å². The van der Waals surface area contributed by atoms with Gasteiger partial charge in [0.25, 0.3) is 0 Å². The summed E-state index contributed by atoms with van der Waals surface area (Å²) in [6, 6.07) is 6.69. The number of benzene rings is 1. The number of halogens is 1. The third-order valence-electron chi connectivity index (χ3n) is 2.93. The molecule has 0 fully saturated rings. The average Bonchev–Trinajstić information content (AvgIpc) is 2.36. The van der Waals surface area contributed by atoms with Gasteiger partial charge in [0.2, 0.25) is 0 Å². The van der Waals surface area contributed by atoms with Gasteiger partial charge in [-0.2, -0.15) is 0 Å². The molecule has 0 aromatic heterocycles. The Balaban J connectivity index is 2.76. The molecule has 1 aromatic carbocycles. The van der Waals surface area contributed by atoms with Crippen molar-refractivity contribution < 1.29 is 14.7 Å². The number of aliphatic carboxylic acids is 1. The SMILES string of the molecule is CC(c1ccc(Cl)cc1)N(C)C(=O)N(C)CC(=O)O. The third kappa shape index (κ3) is 4.13. The number of carbonyl (C=O) groups excluding carboxylic acids is 1. The molecule has 0 bridgehead atoms.